The van der Waals surface area contributed by atoms with E-state index in [0.717, 1.165) is 96.3 Å². The van der Waals surface area contributed by atoms with Crippen LogP contribution < -0.4 is 16.0 Å². The first kappa shape index (κ1) is 83.4. The van der Waals surface area contributed by atoms with Gasteiger partial charge in [-0.15, -0.1) is 0 Å². The summed E-state index contributed by atoms with van der Waals surface area (Å²) in [5, 5.41) is 8.13. The number of nitrogens with one attached hydrogen (secondary N) is 3. The maximum atomic E-state index is 14.5. The Bertz CT molecular complexity index is 1810. The van der Waals surface area contributed by atoms with Crippen LogP contribution in [-0.4, -0.2) is 89.9 Å². The van der Waals surface area contributed by atoms with Gasteiger partial charge in [-0.3, -0.25) is 0 Å². The lowest BCUT2D eigenvalue weighted by atomic mass is 10.0. The van der Waals surface area contributed by atoms with Gasteiger partial charge in [-0.2, -0.15) is 0 Å². The molecule has 0 fully saturated rings. The normalized spacial score (nSPS) is 13.9. The topological polar surface area (TPSA) is 194 Å². The van der Waals surface area contributed by atoms with Crippen molar-refractivity contribution in [1.29, 1.82) is 0 Å². The standard InChI is InChI=1S/C73H133N3O12/c1-14-17-20-23-26-29-32-35-38-41-44-47-50-53-56-61(74-67(80)86-70(4,5)6)64(77)83-59-73(13,85-66(79)63(76-69(82)88-72(10,11)12)58-55-52-49-46-43-40-37-34-31-28-25-22-19-16-3)60-84-65(78)62(75-68(81)87-71(7,8)9)57-54-51-48-45-42-39-36-33-30-27-24-21-18-15-2/h35-40,61-63H,14-34,41-60H2,1-13H3,(H,74,80)(H,75,81)(H,76,82)/b38-35-,39-36-,40-37-/t61-,62+,63-,73?/m0/s1. The number of hydrogen-bond acceptors (Lipinski definition) is 12. The third kappa shape index (κ3) is 53.3. The molecule has 0 aromatic heterocycles. The van der Waals surface area contributed by atoms with Gasteiger partial charge in [0, 0.05) is 0 Å². The number of unbranched alkanes of at least 4 members (excludes halogenated alkanes) is 30. The lowest BCUT2D eigenvalue weighted by Crippen LogP contribution is -2.51. The third-order valence-electron chi connectivity index (χ3n) is 14.8. The van der Waals surface area contributed by atoms with E-state index in [-0.39, 0.29) is 19.3 Å². The average Bonchev–Trinajstić information content (AvgIpc) is 1.76. The van der Waals surface area contributed by atoms with E-state index in [1.54, 1.807) is 62.3 Å². The van der Waals surface area contributed by atoms with Gasteiger partial charge in [0.05, 0.1) is 0 Å². The summed E-state index contributed by atoms with van der Waals surface area (Å²) in [6.07, 6.45) is 51.0. The fourth-order valence-corrected chi connectivity index (χ4v) is 9.89. The Balaban J connectivity index is 6.54. The Labute approximate surface area is 537 Å². The van der Waals surface area contributed by atoms with Crippen molar-refractivity contribution in [2.75, 3.05) is 13.2 Å². The van der Waals surface area contributed by atoms with Crippen LogP contribution in [0.4, 0.5) is 14.4 Å². The number of carbonyl (C=O) groups is 6. The first-order valence-electron chi connectivity index (χ1n) is 35.3. The maximum Gasteiger partial charge on any atom is 0.408 e. The minimum atomic E-state index is -1.82. The summed E-state index contributed by atoms with van der Waals surface area (Å²) in [5.74, 6) is -2.44. The fraction of sp³-hybridized carbons (Fsp3) is 0.836. The van der Waals surface area contributed by atoms with Crippen LogP contribution in [0.1, 0.15) is 340 Å². The fourth-order valence-electron chi connectivity index (χ4n) is 9.89. The molecule has 0 rings (SSSR count). The number of allylic oxidation sites excluding steroid dienone is 6. The van der Waals surface area contributed by atoms with Crippen LogP contribution in [0.5, 0.6) is 0 Å². The molecule has 0 aromatic rings. The average molecular weight is 1240 g/mol. The summed E-state index contributed by atoms with van der Waals surface area (Å²) < 4.78 is 34.8. The summed E-state index contributed by atoms with van der Waals surface area (Å²) >= 11 is 0. The number of carbonyl (C=O) groups excluding carboxylic acids is 6. The van der Waals surface area contributed by atoms with Gasteiger partial charge in [0.25, 0.3) is 0 Å². The van der Waals surface area contributed by atoms with E-state index >= 15 is 0 Å². The van der Waals surface area contributed by atoms with Crippen LogP contribution in [0.2, 0.25) is 0 Å². The molecule has 0 spiro atoms. The molecule has 3 amide bonds. The summed E-state index contributed by atoms with van der Waals surface area (Å²) in [6.45, 7) is 22.6. The first-order chi connectivity index (χ1) is 41.8. The summed E-state index contributed by atoms with van der Waals surface area (Å²) in [7, 11) is 0. The van der Waals surface area contributed by atoms with E-state index in [2.05, 4.69) is 73.2 Å². The van der Waals surface area contributed by atoms with E-state index in [0.29, 0.717) is 19.3 Å². The van der Waals surface area contributed by atoms with Crippen LogP contribution in [0.15, 0.2) is 36.5 Å². The zero-order valence-electron chi connectivity index (χ0n) is 58.6. The van der Waals surface area contributed by atoms with Crippen molar-refractivity contribution < 1.29 is 57.2 Å². The highest BCUT2D eigenvalue weighted by Gasteiger charge is 2.39. The predicted molar refractivity (Wildman–Crippen MR) is 360 cm³/mol. The van der Waals surface area contributed by atoms with Crippen LogP contribution in [-0.2, 0) is 42.8 Å². The zero-order chi connectivity index (χ0) is 65.8. The van der Waals surface area contributed by atoms with Crippen molar-refractivity contribution >= 4 is 36.2 Å². The van der Waals surface area contributed by atoms with Gasteiger partial charge in [-0.1, -0.05) is 211 Å². The zero-order valence-corrected chi connectivity index (χ0v) is 58.6. The molecule has 0 aliphatic carbocycles. The van der Waals surface area contributed by atoms with E-state index in [1.165, 1.54) is 122 Å². The van der Waals surface area contributed by atoms with Crippen LogP contribution >= 0.6 is 0 Å². The molecular weight excluding hydrogens is 1110 g/mol. The quantitative estimate of drug-likeness (QED) is 0.0226. The number of rotatable bonds is 53. The SMILES string of the molecule is CCCCCCCC/C=C\CCCCCC[C@H](NC(=O)OC(C)(C)C)C(=O)OCC(C)(COC(=O)[C@@H](CCCCCC/C=C\CCCCCCCC)NC(=O)OC(C)(C)C)OC(=O)[C@H](CCCCCC/C=C\CCCCCCCC)NC(=O)OC(C)(C)C. The van der Waals surface area contributed by atoms with Crippen molar-refractivity contribution in [2.24, 2.45) is 0 Å². The first-order valence-corrected chi connectivity index (χ1v) is 35.3. The molecule has 0 bridgehead atoms. The van der Waals surface area contributed by atoms with Gasteiger partial charge in [0.2, 0.25) is 0 Å². The highest BCUT2D eigenvalue weighted by molar-refractivity contribution is 5.83. The van der Waals surface area contributed by atoms with Crippen LogP contribution in [0.25, 0.3) is 0 Å². The second-order valence-corrected chi connectivity index (χ2v) is 27.7. The van der Waals surface area contributed by atoms with Crippen molar-refractivity contribution in [1.82, 2.24) is 16.0 Å². The number of alkyl carbamates (subject to hydrolysis) is 3. The maximum absolute atomic E-state index is 14.5. The molecule has 0 saturated heterocycles. The highest BCUT2D eigenvalue weighted by Crippen LogP contribution is 2.22. The Kier molecular flexibility index (Phi) is 49.4. The molecule has 3 N–H and O–H groups in total. The molecule has 0 heterocycles. The van der Waals surface area contributed by atoms with Crippen molar-refractivity contribution in [3.63, 3.8) is 0 Å². The smallest absolute Gasteiger partial charge is 0.408 e. The Morgan fingerprint density at radius 3 is 0.750 bits per heavy atom. The van der Waals surface area contributed by atoms with Crippen molar-refractivity contribution in [2.45, 2.75) is 381 Å². The monoisotopic (exact) mass is 1240 g/mol. The number of esters is 3. The largest absolute Gasteiger partial charge is 0.460 e. The van der Waals surface area contributed by atoms with Crippen LogP contribution in [0.3, 0.4) is 0 Å². The Morgan fingerprint density at radius 1 is 0.295 bits per heavy atom. The van der Waals surface area contributed by atoms with E-state index < -0.39 is 89.9 Å². The van der Waals surface area contributed by atoms with Gasteiger partial charge in [0.1, 0.15) is 48.1 Å². The molecule has 0 radical (unpaired) electrons. The second-order valence-electron chi connectivity index (χ2n) is 27.7. The van der Waals surface area contributed by atoms with Gasteiger partial charge in [-0.25, -0.2) is 28.8 Å². The third-order valence-corrected chi connectivity index (χ3v) is 14.8. The molecule has 0 aliphatic heterocycles. The molecule has 512 valence electrons. The van der Waals surface area contributed by atoms with Gasteiger partial charge in [0.15, 0.2) is 5.60 Å². The summed E-state index contributed by atoms with van der Waals surface area (Å²) in [6, 6.07) is -3.40. The molecule has 1 unspecified atom stereocenters. The second kappa shape index (κ2) is 52.1. The summed E-state index contributed by atoms with van der Waals surface area (Å²) in [4.78, 5) is 82.7. The minimum Gasteiger partial charge on any atom is -0.460 e. The minimum absolute atomic E-state index is 0.219. The molecule has 0 aromatic carbocycles. The van der Waals surface area contributed by atoms with Gasteiger partial charge in [-0.05, 0) is 166 Å². The van der Waals surface area contributed by atoms with E-state index in [9.17, 15) is 28.8 Å². The molecule has 0 saturated carbocycles. The molecular formula is C73H133N3O12. The Morgan fingerprint density at radius 2 is 0.511 bits per heavy atom. The van der Waals surface area contributed by atoms with Crippen LogP contribution in [0, 0.1) is 0 Å². The molecule has 15 nitrogen and oxygen atoms in total. The Hall–Kier alpha value is -4.56. The lowest BCUT2D eigenvalue weighted by molar-refractivity contribution is -0.184. The van der Waals surface area contributed by atoms with Crippen molar-refractivity contribution in [3.05, 3.63) is 36.5 Å². The van der Waals surface area contributed by atoms with Crippen molar-refractivity contribution in [3.8, 4) is 0 Å². The number of amides is 3. The number of ether oxygens (including phenoxy) is 6. The predicted octanol–water partition coefficient (Wildman–Crippen LogP) is 20.0. The van der Waals surface area contributed by atoms with E-state index in [1.807, 2.05) is 0 Å². The molecule has 15 heteroatoms. The van der Waals surface area contributed by atoms with Gasteiger partial charge < -0.3 is 44.4 Å². The van der Waals surface area contributed by atoms with Gasteiger partial charge >= 0.3 is 36.2 Å². The molecule has 0 aliphatic rings. The number of hydrogen-bond donors (Lipinski definition) is 3. The van der Waals surface area contributed by atoms with E-state index in [4.69, 9.17) is 28.4 Å². The summed E-state index contributed by atoms with van der Waals surface area (Å²) in [5.41, 5.74) is -4.37. The highest BCUT2D eigenvalue weighted by atomic mass is 16.6. The lowest BCUT2D eigenvalue weighted by Gasteiger charge is -2.32. The molecule has 4 atom stereocenters. The molecule has 88 heavy (non-hydrogen) atoms.